The van der Waals surface area contributed by atoms with Gasteiger partial charge < -0.3 is 5.32 Å². The van der Waals surface area contributed by atoms with Crippen molar-refractivity contribution in [3.63, 3.8) is 0 Å². The van der Waals surface area contributed by atoms with Crippen LogP contribution >= 0.6 is 12.4 Å². The van der Waals surface area contributed by atoms with Crippen LogP contribution in [0.25, 0.3) is 0 Å². The fourth-order valence-electron chi connectivity index (χ4n) is 1.75. The van der Waals surface area contributed by atoms with Crippen molar-refractivity contribution < 1.29 is 8.42 Å². The Kier molecular flexibility index (Phi) is 5.32. The first-order chi connectivity index (χ1) is 7.68. The number of nitrogens with zero attached hydrogens (tertiary/aromatic N) is 1. The third-order valence-corrected chi connectivity index (χ3v) is 4.07. The van der Waals surface area contributed by atoms with Crippen LogP contribution in [-0.2, 0) is 10.0 Å². The molecule has 2 rings (SSSR count). The predicted molar refractivity (Wildman–Crippen MR) is 67.7 cm³/mol. The van der Waals surface area contributed by atoms with Gasteiger partial charge in [-0.05, 0) is 31.5 Å². The minimum atomic E-state index is -3.41. The lowest BCUT2D eigenvalue weighted by atomic mass is 10.1. The predicted octanol–water partition coefficient (Wildman–Crippen LogP) is 0.534. The van der Waals surface area contributed by atoms with E-state index in [1.54, 1.807) is 18.3 Å². The first-order valence-electron chi connectivity index (χ1n) is 5.31. The normalized spacial score (nSPS) is 20.6. The molecule has 0 spiro atoms. The highest BCUT2D eigenvalue weighted by molar-refractivity contribution is 7.89. The van der Waals surface area contributed by atoms with Crippen LogP contribution in [0.4, 0.5) is 0 Å². The molecule has 1 aliphatic heterocycles. The zero-order valence-electron chi connectivity index (χ0n) is 9.30. The van der Waals surface area contributed by atoms with Crippen molar-refractivity contribution in [2.24, 2.45) is 0 Å². The van der Waals surface area contributed by atoms with Crippen LogP contribution in [0.15, 0.2) is 29.4 Å². The van der Waals surface area contributed by atoms with Crippen LogP contribution in [-0.4, -0.2) is 32.5 Å². The number of hydrogen-bond acceptors (Lipinski definition) is 4. The molecule has 7 heteroatoms. The molecule has 0 saturated carbocycles. The van der Waals surface area contributed by atoms with Crippen molar-refractivity contribution >= 4 is 22.4 Å². The summed E-state index contributed by atoms with van der Waals surface area (Å²) in [5, 5.41) is 3.17. The Labute approximate surface area is 107 Å². The molecular weight excluding hydrogens is 262 g/mol. The van der Waals surface area contributed by atoms with Crippen LogP contribution in [0.2, 0.25) is 0 Å². The Hall–Kier alpha value is -0.690. The van der Waals surface area contributed by atoms with E-state index in [4.69, 9.17) is 0 Å². The zero-order chi connectivity index (χ0) is 11.4. The number of sulfonamides is 1. The van der Waals surface area contributed by atoms with Gasteiger partial charge in [0.15, 0.2) is 0 Å². The van der Waals surface area contributed by atoms with E-state index in [0.717, 1.165) is 19.4 Å². The van der Waals surface area contributed by atoms with Crippen LogP contribution in [0.3, 0.4) is 0 Å². The fraction of sp³-hybridized carbons (Fsp3) is 0.500. The highest BCUT2D eigenvalue weighted by Gasteiger charge is 2.21. The Morgan fingerprint density at radius 1 is 1.47 bits per heavy atom. The minimum Gasteiger partial charge on any atom is -0.315 e. The van der Waals surface area contributed by atoms with Crippen LogP contribution < -0.4 is 10.0 Å². The molecule has 0 aliphatic carbocycles. The molecule has 1 atom stereocenters. The second kappa shape index (κ2) is 6.30. The maximum atomic E-state index is 11.9. The fourth-order valence-corrected chi connectivity index (χ4v) is 2.98. The van der Waals surface area contributed by atoms with E-state index in [9.17, 15) is 8.42 Å². The average Bonchev–Trinajstić information content (AvgIpc) is 2.31. The Bertz CT molecular complexity index is 432. The maximum absolute atomic E-state index is 11.9. The molecule has 1 aromatic heterocycles. The molecule has 0 amide bonds. The monoisotopic (exact) mass is 277 g/mol. The van der Waals surface area contributed by atoms with Gasteiger partial charge in [-0.15, -0.1) is 12.4 Å². The SMILES string of the molecule is Cl.O=S(=O)(NC1CCCNC1)c1cccnc1. The van der Waals surface area contributed by atoms with Gasteiger partial charge in [0.05, 0.1) is 0 Å². The first-order valence-corrected chi connectivity index (χ1v) is 6.80. The van der Waals surface area contributed by atoms with Gasteiger partial charge in [0, 0.05) is 25.0 Å². The Balaban J connectivity index is 0.00000144. The quantitative estimate of drug-likeness (QED) is 0.846. The summed E-state index contributed by atoms with van der Waals surface area (Å²) in [7, 11) is -3.41. The van der Waals surface area contributed by atoms with Gasteiger partial charge in [-0.1, -0.05) is 0 Å². The molecule has 1 fully saturated rings. The second-order valence-corrected chi connectivity index (χ2v) is 5.57. The van der Waals surface area contributed by atoms with Crippen molar-refractivity contribution in [3.8, 4) is 0 Å². The summed E-state index contributed by atoms with van der Waals surface area (Å²) in [6, 6.07) is 3.15. The molecule has 96 valence electrons. The molecule has 1 aromatic rings. The van der Waals surface area contributed by atoms with Crippen LogP contribution in [0, 0.1) is 0 Å². The number of nitrogens with one attached hydrogen (secondary N) is 2. The number of pyridine rings is 1. The van der Waals surface area contributed by atoms with Crippen molar-refractivity contribution in [1.82, 2.24) is 15.0 Å². The van der Waals surface area contributed by atoms with Crippen molar-refractivity contribution in [1.29, 1.82) is 0 Å². The third kappa shape index (κ3) is 3.92. The number of halogens is 1. The van der Waals surface area contributed by atoms with E-state index < -0.39 is 10.0 Å². The number of aromatic nitrogens is 1. The van der Waals surface area contributed by atoms with Gasteiger partial charge in [0.25, 0.3) is 0 Å². The van der Waals surface area contributed by atoms with E-state index in [0.29, 0.717) is 6.54 Å². The lowest BCUT2D eigenvalue weighted by Gasteiger charge is -2.23. The van der Waals surface area contributed by atoms with Crippen LogP contribution in [0.5, 0.6) is 0 Å². The minimum absolute atomic E-state index is 0. The lowest BCUT2D eigenvalue weighted by molar-refractivity contribution is 0.428. The molecule has 5 nitrogen and oxygen atoms in total. The van der Waals surface area contributed by atoms with Gasteiger partial charge in [-0.25, -0.2) is 13.1 Å². The summed E-state index contributed by atoms with van der Waals surface area (Å²) in [4.78, 5) is 4.03. The summed E-state index contributed by atoms with van der Waals surface area (Å²) in [6.45, 7) is 1.66. The molecule has 0 bridgehead atoms. The van der Waals surface area contributed by atoms with E-state index in [-0.39, 0.29) is 23.3 Å². The maximum Gasteiger partial charge on any atom is 0.242 e. The second-order valence-electron chi connectivity index (χ2n) is 3.85. The van der Waals surface area contributed by atoms with Crippen molar-refractivity contribution in [3.05, 3.63) is 24.5 Å². The van der Waals surface area contributed by atoms with Gasteiger partial charge >= 0.3 is 0 Å². The molecule has 2 N–H and O–H groups in total. The molecule has 1 saturated heterocycles. The van der Waals surface area contributed by atoms with E-state index in [1.165, 1.54) is 6.20 Å². The molecule has 0 radical (unpaired) electrons. The summed E-state index contributed by atoms with van der Waals surface area (Å²) in [5.74, 6) is 0. The molecule has 1 aliphatic rings. The van der Waals surface area contributed by atoms with Gasteiger partial charge in [0.1, 0.15) is 4.90 Å². The smallest absolute Gasteiger partial charge is 0.242 e. The summed E-state index contributed by atoms with van der Waals surface area (Å²) in [6.07, 6.45) is 4.80. The molecule has 0 aromatic carbocycles. The van der Waals surface area contributed by atoms with Crippen molar-refractivity contribution in [2.45, 2.75) is 23.8 Å². The van der Waals surface area contributed by atoms with Gasteiger partial charge in [-0.3, -0.25) is 4.98 Å². The Morgan fingerprint density at radius 2 is 2.29 bits per heavy atom. The average molecular weight is 278 g/mol. The van der Waals surface area contributed by atoms with Gasteiger partial charge in [-0.2, -0.15) is 0 Å². The molecule has 17 heavy (non-hydrogen) atoms. The molecule has 2 heterocycles. The zero-order valence-corrected chi connectivity index (χ0v) is 10.9. The van der Waals surface area contributed by atoms with E-state index in [2.05, 4.69) is 15.0 Å². The highest BCUT2D eigenvalue weighted by Crippen LogP contribution is 2.09. The number of hydrogen-bond donors (Lipinski definition) is 2. The number of piperidine rings is 1. The largest absolute Gasteiger partial charge is 0.315 e. The topological polar surface area (TPSA) is 71.1 Å². The summed E-state index contributed by atoms with van der Waals surface area (Å²) >= 11 is 0. The van der Waals surface area contributed by atoms with Crippen molar-refractivity contribution in [2.75, 3.05) is 13.1 Å². The third-order valence-electron chi connectivity index (χ3n) is 2.56. The standard InChI is InChI=1S/C10H15N3O2S.ClH/c14-16(15,10-4-2-6-12-8-10)13-9-3-1-5-11-7-9;/h2,4,6,8-9,11,13H,1,3,5,7H2;1H. The van der Waals surface area contributed by atoms with Crippen LogP contribution in [0.1, 0.15) is 12.8 Å². The molecule has 1 unspecified atom stereocenters. The summed E-state index contributed by atoms with van der Waals surface area (Å²) < 4.78 is 26.5. The highest BCUT2D eigenvalue weighted by atomic mass is 35.5. The van der Waals surface area contributed by atoms with Gasteiger partial charge in [0.2, 0.25) is 10.0 Å². The molecular formula is C10H16ClN3O2S. The first kappa shape index (κ1) is 14.4. The Morgan fingerprint density at radius 3 is 2.88 bits per heavy atom. The lowest BCUT2D eigenvalue weighted by Crippen LogP contribution is -2.45. The number of rotatable bonds is 3. The summed E-state index contributed by atoms with van der Waals surface area (Å²) in [5.41, 5.74) is 0. The van der Waals surface area contributed by atoms with E-state index in [1.807, 2.05) is 0 Å². The van der Waals surface area contributed by atoms with E-state index >= 15 is 0 Å².